The van der Waals surface area contributed by atoms with E-state index in [-0.39, 0.29) is 5.84 Å². The van der Waals surface area contributed by atoms with Gasteiger partial charge in [-0.25, -0.2) is 0 Å². The minimum Gasteiger partial charge on any atom is -0.494 e. The SMILES string of the molecule is COc1cnccc1/C(N)=N/O. The second kappa shape index (κ2) is 3.56. The Morgan fingerprint density at radius 1 is 1.75 bits per heavy atom. The molecule has 3 N–H and O–H groups in total. The van der Waals surface area contributed by atoms with Crippen LogP contribution in [0, 0.1) is 0 Å². The molecule has 0 radical (unpaired) electrons. The molecule has 5 heteroatoms. The van der Waals surface area contributed by atoms with Gasteiger partial charge in [0.15, 0.2) is 5.84 Å². The Morgan fingerprint density at radius 2 is 2.50 bits per heavy atom. The van der Waals surface area contributed by atoms with Crippen molar-refractivity contribution in [3.63, 3.8) is 0 Å². The number of pyridine rings is 1. The predicted octanol–water partition coefficient (Wildman–Crippen LogP) is 0.185. The number of aromatic nitrogens is 1. The molecule has 5 nitrogen and oxygen atoms in total. The van der Waals surface area contributed by atoms with Crippen molar-refractivity contribution in [3.8, 4) is 5.75 Å². The average molecular weight is 167 g/mol. The Kier molecular flexibility index (Phi) is 2.47. The van der Waals surface area contributed by atoms with Crippen LogP contribution < -0.4 is 10.5 Å². The van der Waals surface area contributed by atoms with Gasteiger partial charge in [0.25, 0.3) is 0 Å². The molecule has 0 aliphatic heterocycles. The summed E-state index contributed by atoms with van der Waals surface area (Å²) in [5, 5.41) is 11.2. The summed E-state index contributed by atoms with van der Waals surface area (Å²) in [5.74, 6) is 0.488. The van der Waals surface area contributed by atoms with Crippen LogP contribution in [-0.4, -0.2) is 23.1 Å². The predicted molar refractivity (Wildman–Crippen MR) is 43.3 cm³/mol. The summed E-state index contributed by atoms with van der Waals surface area (Å²) < 4.78 is 4.93. The number of amidine groups is 1. The molecule has 1 heterocycles. The minimum absolute atomic E-state index is 0.00856. The lowest BCUT2D eigenvalue weighted by atomic mass is 10.2. The highest BCUT2D eigenvalue weighted by Crippen LogP contribution is 2.14. The number of oxime groups is 1. The highest BCUT2D eigenvalue weighted by atomic mass is 16.5. The van der Waals surface area contributed by atoms with Crippen LogP contribution in [0.5, 0.6) is 5.75 Å². The van der Waals surface area contributed by atoms with Crippen LogP contribution >= 0.6 is 0 Å². The van der Waals surface area contributed by atoms with E-state index >= 15 is 0 Å². The number of hydrogen-bond donors (Lipinski definition) is 2. The van der Waals surface area contributed by atoms with Crippen LogP contribution in [0.4, 0.5) is 0 Å². The fourth-order valence-corrected chi connectivity index (χ4v) is 0.808. The van der Waals surface area contributed by atoms with Crippen molar-refractivity contribution < 1.29 is 9.94 Å². The first-order valence-electron chi connectivity index (χ1n) is 3.25. The van der Waals surface area contributed by atoms with E-state index in [1.54, 1.807) is 6.07 Å². The maximum absolute atomic E-state index is 8.40. The molecule has 0 fully saturated rings. The number of ether oxygens (including phenoxy) is 1. The Hall–Kier alpha value is -1.78. The summed E-state index contributed by atoms with van der Waals surface area (Å²) in [6, 6.07) is 1.61. The largest absolute Gasteiger partial charge is 0.494 e. The standard InChI is InChI=1S/C7H9N3O2/c1-12-6-4-9-3-2-5(6)7(8)10-11/h2-4,11H,1H3,(H2,8,10). The second-order valence-electron chi connectivity index (χ2n) is 2.06. The van der Waals surface area contributed by atoms with Crippen LogP contribution in [0.2, 0.25) is 0 Å². The first-order chi connectivity index (χ1) is 5.79. The van der Waals surface area contributed by atoms with Crippen molar-refractivity contribution in [1.29, 1.82) is 0 Å². The molecule has 0 spiro atoms. The molecule has 0 saturated carbocycles. The molecular weight excluding hydrogens is 158 g/mol. The lowest BCUT2D eigenvalue weighted by Gasteiger charge is -2.04. The average Bonchev–Trinajstić information content (AvgIpc) is 2.16. The van der Waals surface area contributed by atoms with Gasteiger partial charge < -0.3 is 15.7 Å². The molecule has 64 valence electrons. The molecule has 1 rings (SSSR count). The van der Waals surface area contributed by atoms with Crippen LogP contribution in [0.15, 0.2) is 23.6 Å². The molecular formula is C7H9N3O2. The van der Waals surface area contributed by atoms with E-state index < -0.39 is 0 Å². The third-order valence-electron chi connectivity index (χ3n) is 1.39. The van der Waals surface area contributed by atoms with E-state index in [1.165, 1.54) is 19.5 Å². The molecule has 0 saturated heterocycles. The summed E-state index contributed by atoms with van der Waals surface area (Å²) in [7, 11) is 1.49. The first-order valence-corrected chi connectivity index (χ1v) is 3.25. The fourth-order valence-electron chi connectivity index (χ4n) is 0.808. The summed E-state index contributed by atoms with van der Waals surface area (Å²) in [5.41, 5.74) is 5.89. The molecule has 0 amide bonds. The zero-order chi connectivity index (χ0) is 8.97. The van der Waals surface area contributed by atoms with E-state index in [2.05, 4.69) is 10.1 Å². The normalized spacial score (nSPS) is 11.2. The molecule has 1 aromatic heterocycles. The highest BCUT2D eigenvalue weighted by Gasteiger charge is 2.05. The minimum atomic E-state index is 0.00856. The van der Waals surface area contributed by atoms with Crippen LogP contribution in [0.25, 0.3) is 0 Å². The van der Waals surface area contributed by atoms with Gasteiger partial charge in [-0.2, -0.15) is 0 Å². The van der Waals surface area contributed by atoms with E-state index in [0.717, 1.165) is 0 Å². The topological polar surface area (TPSA) is 80.7 Å². The smallest absolute Gasteiger partial charge is 0.173 e. The van der Waals surface area contributed by atoms with E-state index in [9.17, 15) is 0 Å². The van der Waals surface area contributed by atoms with E-state index in [0.29, 0.717) is 11.3 Å². The number of nitrogens with zero attached hydrogens (tertiary/aromatic N) is 2. The number of hydrogen-bond acceptors (Lipinski definition) is 4. The lowest BCUT2D eigenvalue weighted by molar-refractivity contribution is 0.318. The van der Waals surface area contributed by atoms with Crippen LogP contribution in [0.3, 0.4) is 0 Å². The van der Waals surface area contributed by atoms with Gasteiger partial charge in [0.2, 0.25) is 0 Å². The van der Waals surface area contributed by atoms with Crippen molar-refractivity contribution in [2.75, 3.05) is 7.11 Å². The molecule has 12 heavy (non-hydrogen) atoms. The van der Waals surface area contributed by atoms with Gasteiger partial charge in [-0.15, -0.1) is 0 Å². The Labute approximate surface area is 69.5 Å². The van der Waals surface area contributed by atoms with Gasteiger partial charge in [0.05, 0.1) is 18.9 Å². The Balaban J connectivity index is 3.13. The van der Waals surface area contributed by atoms with Gasteiger partial charge in [-0.1, -0.05) is 5.16 Å². The van der Waals surface area contributed by atoms with E-state index in [4.69, 9.17) is 15.7 Å². The molecule has 0 aliphatic rings. The van der Waals surface area contributed by atoms with Crippen LogP contribution in [0.1, 0.15) is 5.56 Å². The van der Waals surface area contributed by atoms with Gasteiger partial charge in [-0.3, -0.25) is 4.98 Å². The lowest BCUT2D eigenvalue weighted by Crippen LogP contribution is -2.14. The molecule has 0 unspecified atom stereocenters. The Morgan fingerprint density at radius 3 is 3.08 bits per heavy atom. The first kappa shape index (κ1) is 8.32. The van der Waals surface area contributed by atoms with Crippen molar-refractivity contribution in [3.05, 3.63) is 24.0 Å². The zero-order valence-electron chi connectivity index (χ0n) is 6.56. The highest BCUT2D eigenvalue weighted by molar-refractivity contribution is 5.99. The van der Waals surface area contributed by atoms with Crippen molar-refractivity contribution >= 4 is 5.84 Å². The maximum Gasteiger partial charge on any atom is 0.173 e. The van der Waals surface area contributed by atoms with Gasteiger partial charge in [-0.05, 0) is 6.07 Å². The number of nitrogens with two attached hydrogens (primary N) is 1. The van der Waals surface area contributed by atoms with Gasteiger partial charge >= 0.3 is 0 Å². The summed E-state index contributed by atoms with van der Waals surface area (Å²) >= 11 is 0. The molecule has 1 aromatic rings. The molecule has 0 atom stereocenters. The van der Waals surface area contributed by atoms with E-state index in [1.807, 2.05) is 0 Å². The quantitative estimate of drug-likeness (QED) is 0.285. The summed E-state index contributed by atoms with van der Waals surface area (Å²) in [6.45, 7) is 0. The van der Waals surface area contributed by atoms with Gasteiger partial charge in [0.1, 0.15) is 5.75 Å². The fraction of sp³-hybridized carbons (Fsp3) is 0.143. The zero-order valence-corrected chi connectivity index (χ0v) is 6.56. The van der Waals surface area contributed by atoms with Crippen molar-refractivity contribution in [1.82, 2.24) is 4.98 Å². The third kappa shape index (κ3) is 1.45. The maximum atomic E-state index is 8.40. The number of rotatable bonds is 2. The van der Waals surface area contributed by atoms with Crippen LogP contribution in [-0.2, 0) is 0 Å². The molecule has 0 bridgehead atoms. The van der Waals surface area contributed by atoms with Crippen molar-refractivity contribution in [2.45, 2.75) is 0 Å². The van der Waals surface area contributed by atoms with Gasteiger partial charge in [0, 0.05) is 6.20 Å². The second-order valence-corrected chi connectivity index (χ2v) is 2.06. The number of methoxy groups -OCH3 is 1. The third-order valence-corrected chi connectivity index (χ3v) is 1.39. The summed E-state index contributed by atoms with van der Waals surface area (Å²) in [6.07, 6.45) is 3.03. The molecule has 0 aliphatic carbocycles. The monoisotopic (exact) mass is 167 g/mol. The molecule has 0 aromatic carbocycles. The summed E-state index contributed by atoms with van der Waals surface area (Å²) in [4.78, 5) is 3.82. The Bertz CT molecular complexity index is 298. The van der Waals surface area contributed by atoms with Crippen molar-refractivity contribution in [2.24, 2.45) is 10.9 Å².